The molecule has 2 aliphatic heterocycles. The largest absolute Gasteiger partial charge is 0.377 e. The first-order valence-corrected chi connectivity index (χ1v) is 9.19. The van der Waals surface area contributed by atoms with Crippen molar-refractivity contribution in [2.75, 3.05) is 19.0 Å². The summed E-state index contributed by atoms with van der Waals surface area (Å²) >= 11 is 0. The van der Waals surface area contributed by atoms with Crippen LogP contribution in [0.15, 0.2) is 54.6 Å². The van der Waals surface area contributed by atoms with E-state index in [1.54, 1.807) is 0 Å². The van der Waals surface area contributed by atoms with Gasteiger partial charge in [-0.15, -0.1) is 0 Å². The number of carbonyl (C=O) groups excluding carboxylic acids is 1. The lowest BCUT2D eigenvalue weighted by Crippen LogP contribution is -2.52. The lowest BCUT2D eigenvalue weighted by atomic mass is 9.77. The summed E-state index contributed by atoms with van der Waals surface area (Å²) < 4.78 is 11.0. The summed E-state index contributed by atoms with van der Waals surface area (Å²) in [5.41, 5.74) is 1.20. The molecular weight excluding hydrogens is 342 g/mol. The number of hydrogen-bond donors (Lipinski definition) is 2. The fourth-order valence-electron chi connectivity index (χ4n) is 3.87. The van der Waals surface area contributed by atoms with Gasteiger partial charge in [0.25, 0.3) is 5.91 Å². The van der Waals surface area contributed by atoms with E-state index in [0.717, 1.165) is 25.0 Å². The molecule has 2 aliphatic rings. The third-order valence-electron chi connectivity index (χ3n) is 5.25. The van der Waals surface area contributed by atoms with Gasteiger partial charge in [0.05, 0.1) is 6.10 Å². The van der Waals surface area contributed by atoms with Gasteiger partial charge in [-0.2, -0.15) is 0 Å². The van der Waals surface area contributed by atoms with Crippen molar-refractivity contribution < 1.29 is 19.4 Å². The molecule has 140 valence electrons. The van der Waals surface area contributed by atoms with Crippen molar-refractivity contribution in [3.63, 3.8) is 0 Å². The predicted molar refractivity (Wildman–Crippen MR) is 103 cm³/mol. The van der Waals surface area contributed by atoms with E-state index in [0.29, 0.717) is 16.8 Å². The first-order chi connectivity index (χ1) is 13.1. The van der Waals surface area contributed by atoms with Gasteiger partial charge in [0.15, 0.2) is 11.7 Å². The monoisotopic (exact) mass is 365 g/mol. The molecule has 0 saturated carbocycles. The summed E-state index contributed by atoms with van der Waals surface area (Å²) in [6.45, 7) is 0.800. The number of amides is 1. The number of anilines is 1. The van der Waals surface area contributed by atoms with Gasteiger partial charge in [0.1, 0.15) is 0 Å². The lowest BCUT2D eigenvalue weighted by molar-refractivity contribution is -0.142. The Kier molecular flexibility index (Phi) is 4.83. The third kappa shape index (κ3) is 3.18. The Morgan fingerprint density at radius 3 is 2.78 bits per heavy atom. The van der Waals surface area contributed by atoms with Crippen LogP contribution in [0.1, 0.15) is 29.5 Å². The number of benzene rings is 2. The van der Waals surface area contributed by atoms with E-state index in [1.165, 1.54) is 7.11 Å². The summed E-state index contributed by atoms with van der Waals surface area (Å²) in [5.74, 6) is -0.362. The van der Waals surface area contributed by atoms with E-state index in [1.807, 2.05) is 60.7 Å². The fourth-order valence-corrected chi connectivity index (χ4v) is 3.87. The van der Waals surface area contributed by atoms with E-state index in [4.69, 9.17) is 9.47 Å². The molecule has 5 heteroatoms. The summed E-state index contributed by atoms with van der Waals surface area (Å²) in [6.07, 6.45) is 5.25. The highest BCUT2D eigenvalue weighted by molar-refractivity contribution is 5.99. The van der Waals surface area contributed by atoms with Crippen LogP contribution in [-0.2, 0) is 19.9 Å². The topological polar surface area (TPSA) is 67.8 Å². The highest BCUT2D eigenvalue weighted by atomic mass is 16.5. The van der Waals surface area contributed by atoms with Gasteiger partial charge in [-0.05, 0) is 36.1 Å². The van der Waals surface area contributed by atoms with E-state index >= 15 is 0 Å². The molecule has 2 aromatic rings. The molecule has 2 N–H and O–H groups in total. The molecule has 2 aromatic carbocycles. The molecule has 3 atom stereocenters. The maximum atomic E-state index is 12.5. The molecule has 0 spiro atoms. The zero-order valence-corrected chi connectivity index (χ0v) is 15.2. The van der Waals surface area contributed by atoms with Gasteiger partial charge in [0.2, 0.25) is 0 Å². The van der Waals surface area contributed by atoms with Crippen LogP contribution in [0.3, 0.4) is 0 Å². The minimum Gasteiger partial charge on any atom is -0.377 e. The number of ether oxygens (including phenoxy) is 2. The normalized spacial score (nSPS) is 27.6. The summed E-state index contributed by atoms with van der Waals surface area (Å²) in [6, 6.07) is 14.8. The van der Waals surface area contributed by atoms with Crippen molar-refractivity contribution in [1.29, 1.82) is 0 Å². The van der Waals surface area contributed by atoms with Crippen molar-refractivity contribution >= 4 is 17.7 Å². The van der Waals surface area contributed by atoms with Gasteiger partial charge in [-0.1, -0.05) is 48.6 Å². The number of nitrogens with one attached hydrogen (secondary N) is 1. The Morgan fingerprint density at radius 1 is 1.26 bits per heavy atom. The second kappa shape index (κ2) is 7.27. The van der Waals surface area contributed by atoms with Crippen molar-refractivity contribution in [2.45, 2.75) is 30.7 Å². The highest BCUT2D eigenvalue weighted by Crippen LogP contribution is 2.42. The fraction of sp³-hybridized carbons (Fsp3) is 0.318. The van der Waals surface area contributed by atoms with Crippen LogP contribution >= 0.6 is 0 Å². The van der Waals surface area contributed by atoms with Crippen molar-refractivity contribution in [2.24, 2.45) is 0 Å². The van der Waals surface area contributed by atoms with E-state index in [-0.39, 0.29) is 12.0 Å². The number of rotatable bonds is 4. The molecule has 0 aromatic heterocycles. The van der Waals surface area contributed by atoms with Crippen LogP contribution in [0.5, 0.6) is 0 Å². The van der Waals surface area contributed by atoms with Crippen LogP contribution in [-0.4, -0.2) is 36.9 Å². The molecule has 0 bridgehead atoms. The van der Waals surface area contributed by atoms with Gasteiger partial charge < -0.3 is 19.9 Å². The average molecular weight is 365 g/mol. The van der Waals surface area contributed by atoms with Gasteiger partial charge in [-0.3, -0.25) is 4.79 Å². The van der Waals surface area contributed by atoms with Crippen molar-refractivity contribution in [1.82, 2.24) is 0 Å². The summed E-state index contributed by atoms with van der Waals surface area (Å²) in [4.78, 5) is 12.5. The molecule has 1 fully saturated rings. The first-order valence-electron chi connectivity index (χ1n) is 9.19. The summed E-state index contributed by atoms with van der Waals surface area (Å²) in [7, 11) is 1.43. The highest BCUT2D eigenvalue weighted by Gasteiger charge is 2.49. The van der Waals surface area contributed by atoms with Gasteiger partial charge in [-0.25, -0.2) is 0 Å². The molecule has 5 nitrogen and oxygen atoms in total. The minimum atomic E-state index is -1.57. The Morgan fingerprint density at radius 2 is 2.07 bits per heavy atom. The Balaban J connectivity index is 1.79. The van der Waals surface area contributed by atoms with E-state index in [2.05, 4.69) is 5.32 Å². The molecular formula is C22H23NO4. The molecule has 1 saturated heterocycles. The van der Waals surface area contributed by atoms with Crippen LogP contribution in [0, 0.1) is 0 Å². The van der Waals surface area contributed by atoms with Crippen LogP contribution in [0.25, 0.3) is 6.08 Å². The van der Waals surface area contributed by atoms with Gasteiger partial charge in [0, 0.05) is 25.0 Å². The van der Waals surface area contributed by atoms with Crippen molar-refractivity contribution in [3.05, 3.63) is 71.3 Å². The molecule has 0 aliphatic carbocycles. The SMILES string of the molecule is COC1C(=O)Nc2ccc(C=CC3CCCO3)cc2C1(O)c1ccccc1. The zero-order valence-electron chi connectivity index (χ0n) is 15.2. The van der Waals surface area contributed by atoms with E-state index < -0.39 is 11.7 Å². The number of aliphatic hydroxyl groups is 1. The number of hydrogen-bond acceptors (Lipinski definition) is 4. The second-order valence-electron chi connectivity index (χ2n) is 6.95. The minimum absolute atomic E-state index is 0.139. The standard InChI is InChI=1S/C22H23NO4/c1-26-20-21(24)23-19-12-10-15(9-11-17-8-5-13-27-17)14-18(19)22(20,25)16-6-3-2-4-7-16/h2-4,6-7,9-12,14,17,20,25H,5,8,13H2,1H3,(H,23,24). The Labute approximate surface area is 158 Å². The second-order valence-corrected chi connectivity index (χ2v) is 6.95. The molecule has 3 unspecified atom stereocenters. The summed E-state index contributed by atoms with van der Waals surface area (Å²) in [5, 5.41) is 14.5. The Bertz CT molecular complexity index is 858. The number of methoxy groups -OCH3 is 1. The average Bonchev–Trinajstić information content (AvgIpc) is 3.21. The smallest absolute Gasteiger partial charge is 0.257 e. The van der Waals surface area contributed by atoms with E-state index in [9.17, 15) is 9.90 Å². The van der Waals surface area contributed by atoms with Crippen LogP contribution in [0.4, 0.5) is 5.69 Å². The van der Waals surface area contributed by atoms with Gasteiger partial charge >= 0.3 is 0 Å². The van der Waals surface area contributed by atoms with Crippen LogP contribution in [0.2, 0.25) is 0 Å². The first kappa shape index (κ1) is 17.9. The Hall–Kier alpha value is -2.47. The predicted octanol–water partition coefficient (Wildman–Crippen LogP) is 3.08. The lowest BCUT2D eigenvalue weighted by Gasteiger charge is -2.40. The zero-order chi connectivity index (χ0) is 18.9. The number of carbonyl (C=O) groups is 1. The molecule has 1 amide bonds. The maximum Gasteiger partial charge on any atom is 0.257 e. The molecule has 0 radical (unpaired) electrons. The molecule has 4 rings (SSSR count). The van der Waals surface area contributed by atoms with Crippen molar-refractivity contribution in [3.8, 4) is 0 Å². The van der Waals surface area contributed by atoms with Crippen LogP contribution < -0.4 is 5.32 Å². The quantitative estimate of drug-likeness (QED) is 0.874. The third-order valence-corrected chi connectivity index (χ3v) is 5.25. The number of fused-ring (bicyclic) bond motifs is 1. The molecule has 2 heterocycles. The maximum absolute atomic E-state index is 12.5. The molecule has 27 heavy (non-hydrogen) atoms.